The third-order valence-corrected chi connectivity index (χ3v) is 3.65. The minimum absolute atomic E-state index is 0.00925. The van der Waals surface area contributed by atoms with Gasteiger partial charge in [-0.25, -0.2) is 9.59 Å². The number of rotatable bonds is 7. The van der Waals surface area contributed by atoms with Crippen LogP contribution in [0, 0.1) is 5.92 Å². The van der Waals surface area contributed by atoms with E-state index in [4.69, 9.17) is 5.11 Å². The van der Waals surface area contributed by atoms with Crippen molar-refractivity contribution in [2.24, 2.45) is 5.92 Å². The molecule has 1 atom stereocenters. The molecule has 0 bridgehead atoms. The van der Waals surface area contributed by atoms with Gasteiger partial charge in [0.2, 0.25) is 0 Å². The van der Waals surface area contributed by atoms with E-state index in [9.17, 15) is 14.7 Å². The van der Waals surface area contributed by atoms with Gasteiger partial charge < -0.3 is 20.4 Å². The second kappa shape index (κ2) is 6.23. The molecule has 1 rings (SSSR count). The summed E-state index contributed by atoms with van der Waals surface area (Å²) >= 11 is 0. The van der Waals surface area contributed by atoms with Crippen molar-refractivity contribution in [3.05, 3.63) is 0 Å². The molecule has 19 heavy (non-hydrogen) atoms. The summed E-state index contributed by atoms with van der Waals surface area (Å²) in [6.45, 7) is 5.73. The molecule has 0 aromatic carbocycles. The second-order valence-corrected chi connectivity index (χ2v) is 5.58. The fourth-order valence-electron chi connectivity index (χ4n) is 2.12. The van der Waals surface area contributed by atoms with Gasteiger partial charge in [-0.05, 0) is 46.0 Å². The number of carboxylic acids is 1. The van der Waals surface area contributed by atoms with Crippen molar-refractivity contribution < 1.29 is 19.8 Å². The van der Waals surface area contributed by atoms with Gasteiger partial charge in [-0.15, -0.1) is 0 Å². The Morgan fingerprint density at radius 3 is 2.37 bits per heavy atom. The molecule has 1 aliphatic carbocycles. The Bertz CT molecular complexity index is 342. The van der Waals surface area contributed by atoms with Gasteiger partial charge in [0, 0.05) is 19.2 Å². The average molecular weight is 272 g/mol. The van der Waals surface area contributed by atoms with Crippen LogP contribution in [0.3, 0.4) is 0 Å². The molecular formula is C13H24N2O4. The van der Waals surface area contributed by atoms with Crippen molar-refractivity contribution in [1.82, 2.24) is 10.2 Å². The first-order valence-electron chi connectivity index (χ1n) is 6.76. The van der Waals surface area contributed by atoms with Crippen LogP contribution in [0.4, 0.5) is 4.79 Å². The second-order valence-electron chi connectivity index (χ2n) is 5.58. The lowest BCUT2D eigenvalue weighted by molar-refractivity contribution is -0.144. The van der Waals surface area contributed by atoms with Gasteiger partial charge in [0.15, 0.2) is 0 Å². The van der Waals surface area contributed by atoms with Crippen molar-refractivity contribution in [2.45, 2.75) is 51.6 Å². The number of hydrogen-bond acceptors (Lipinski definition) is 3. The number of nitrogens with one attached hydrogen (secondary N) is 1. The topological polar surface area (TPSA) is 89.9 Å². The van der Waals surface area contributed by atoms with Crippen LogP contribution in [-0.2, 0) is 4.79 Å². The van der Waals surface area contributed by atoms with Gasteiger partial charge in [0.05, 0.1) is 0 Å². The molecule has 6 nitrogen and oxygen atoms in total. The molecule has 0 spiro atoms. The van der Waals surface area contributed by atoms with E-state index in [0.717, 1.165) is 12.8 Å². The number of hydrogen-bond donors (Lipinski definition) is 3. The zero-order valence-electron chi connectivity index (χ0n) is 11.8. The maximum Gasteiger partial charge on any atom is 0.329 e. The number of nitrogens with zero attached hydrogens (tertiary/aromatic N) is 1. The van der Waals surface area contributed by atoms with Crippen LogP contribution in [-0.4, -0.2) is 51.8 Å². The predicted octanol–water partition coefficient (Wildman–Crippen LogP) is 1.04. The summed E-state index contributed by atoms with van der Waals surface area (Å²) in [5, 5.41) is 20.8. The van der Waals surface area contributed by atoms with Crippen molar-refractivity contribution in [2.75, 3.05) is 13.2 Å². The van der Waals surface area contributed by atoms with E-state index < -0.39 is 11.5 Å². The maximum atomic E-state index is 12.2. The lowest BCUT2D eigenvalue weighted by atomic mass is 9.96. The highest BCUT2D eigenvalue weighted by Crippen LogP contribution is 2.39. The third-order valence-electron chi connectivity index (χ3n) is 3.65. The Morgan fingerprint density at radius 1 is 1.42 bits per heavy atom. The fraction of sp³-hybridized carbons (Fsp3) is 0.846. The van der Waals surface area contributed by atoms with Crippen molar-refractivity contribution in [1.29, 1.82) is 0 Å². The first-order chi connectivity index (χ1) is 8.82. The SMILES string of the molecule is CC(C)N(CCCO)C(=O)NC(C)(C(=O)O)C1CC1. The molecule has 0 aromatic heterocycles. The number of aliphatic hydroxyl groups is 1. The molecule has 1 aliphatic rings. The van der Waals surface area contributed by atoms with Crippen LogP contribution in [0.2, 0.25) is 0 Å². The summed E-state index contributed by atoms with van der Waals surface area (Å²) in [5.41, 5.74) is -1.19. The highest BCUT2D eigenvalue weighted by Gasteiger charge is 2.49. The highest BCUT2D eigenvalue weighted by molar-refractivity contribution is 5.86. The third kappa shape index (κ3) is 3.83. The molecule has 1 saturated carbocycles. The maximum absolute atomic E-state index is 12.2. The van der Waals surface area contributed by atoms with Gasteiger partial charge in [-0.1, -0.05) is 0 Å². The van der Waals surface area contributed by atoms with Crippen molar-refractivity contribution in [3.63, 3.8) is 0 Å². The molecule has 2 amide bonds. The highest BCUT2D eigenvalue weighted by atomic mass is 16.4. The van der Waals surface area contributed by atoms with Gasteiger partial charge in [-0.2, -0.15) is 0 Å². The molecule has 0 saturated heterocycles. The summed E-state index contributed by atoms with van der Waals surface area (Å²) in [6, 6.07) is -0.413. The lowest BCUT2D eigenvalue weighted by Crippen LogP contribution is -2.58. The zero-order chi connectivity index (χ0) is 14.6. The number of amides is 2. The minimum Gasteiger partial charge on any atom is -0.480 e. The number of aliphatic hydroxyl groups excluding tert-OH is 1. The van der Waals surface area contributed by atoms with E-state index in [1.54, 1.807) is 11.8 Å². The molecule has 0 heterocycles. The molecule has 110 valence electrons. The minimum atomic E-state index is -1.19. The average Bonchev–Trinajstić information content (AvgIpc) is 3.12. The van der Waals surface area contributed by atoms with E-state index in [0.29, 0.717) is 13.0 Å². The number of urea groups is 1. The largest absolute Gasteiger partial charge is 0.480 e. The summed E-state index contributed by atoms with van der Waals surface area (Å²) in [7, 11) is 0. The molecule has 0 radical (unpaired) electrons. The van der Waals surface area contributed by atoms with Crippen LogP contribution in [0.1, 0.15) is 40.0 Å². The molecule has 1 fully saturated rings. The van der Waals surface area contributed by atoms with Crippen LogP contribution in [0.5, 0.6) is 0 Å². The number of carbonyl (C=O) groups excluding carboxylic acids is 1. The fourth-order valence-corrected chi connectivity index (χ4v) is 2.12. The van der Waals surface area contributed by atoms with Crippen molar-refractivity contribution in [3.8, 4) is 0 Å². The number of carboxylic acid groups (broad SMARTS) is 1. The summed E-state index contributed by atoms with van der Waals surface area (Å²) in [4.78, 5) is 25.1. The number of carbonyl (C=O) groups is 2. The molecule has 3 N–H and O–H groups in total. The predicted molar refractivity (Wildman–Crippen MR) is 70.8 cm³/mol. The normalized spacial score (nSPS) is 17.9. The Balaban J connectivity index is 2.71. The van der Waals surface area contributed by atoms with E-state index in [-0.39, 0.29) is 24.6 Å². The standard InChI is InChI=1S/C13H24N2O4/c1-9(2)15(7-4-8-16)12(19)14-13(3,11(17)18)10-5-6-10/h9-10,16H,4-8H2,1-3H3,(H,14,19)(H,17,18). The Kier molecular flexibility index (Phi) is 5.17. The van der Waals surface area contributed by atoms with Crippen LogP contribution >= 0.6 is 0 Å². The first-order valence-corrected chi connectivity index (χ1v) is 6.76. The van der Waals surface area contributed by atoms with Crippen molar-refractivity contribution >= 4 is 12.0 Å². The zero-order valence-corrected chi connectivity index (χ0v) is 11.8. The van der Waals surface area contributed by atoms with Crippen LogP contribution in [0.25, 0.3) is 0 Å². The molecular weight excluding hydrogens is 248 g/mol. The van der Waals surface area contributed by atoms with E-state index >= 15 is 0 Å². The quantitative estimate of drug-likeness (QED) is 0.646. The van der Waals surface area contributed by atoms with Gasteiger partial charge in [-0.3, -0.25) is 0 Å². The van der Waals surface area contributed by atoms with Crippen LogP contribution < -0.4 is 5.32 Å². The summed E-state index contributed by atoms with van der Waals surface area (Å²) in [5.74, 6) is -0.977. The Morgan fingerprint density at radius 2 is 2.00 bits per heavy atom. The molecule has 0 aliphatic heterocycles. The van der Waals surface area contributed by atoms with Crippen LogP contribution in [0.15, 0.2) is 0 Å². The molecule has 6 heteroatoms. The number of aliphatic carboxylic acids is 1. The summed E-state index contributed by atoms with van der Waals surface area (Å²) in [6.07, 6.45) is 2.15. The lowest BCUT2D eigenvalue weighted by Gasteiger charge is -2.33. The van der Waals surface area contributed by atoms with Gasteiger partial charge in [0.25, 0.3) is 0 Å². The van der Waals surface area contributed by atoms with E-state index in [1.165, 1.54) is 0 Å². The van der Waals surface area contributed by atoms with E-state index in [1.807, 2.05) is 13.8 Å². The monoisotopic (exact) mass is 272 g/mol. The first kappa shape index (κ1) is 15.8. The molecule has 0 aromatic rings. The van der Waals surface area contributed by atoms with E-state index in [2.05, 4.69) is 5.32 Å². The Labute approximate surface area is 113 Å². The summed E-state index contributed by atoms with van der Waals surface area (Å²) < 4.78 is 0. The molecule has 1 unspecified atom stereocenters. The van der Waals surface area contributed by atoms with Gasteiger partial charge >= 0.3 is 12.0 Å². The van der Waals surface area contributed by atoms with Gasteiger partial charge in [0.1, 0.15) is 5.54 Å². The Hall–Kier alpha value is -1.30. The smallest absolute Gasteiger partial charge is 0.329 e.